The molecule has 0 N–H and O–H groups in total. The Labute approximate surface area is 79.8 Å². The number of hydrogen-bond donors (Lipinski definition) is 0. The number of azo groups is 1. The molecule has 2 fully saturated rings. The SMILES string of the molecule is CC12N=NC(C)(C3CCC31)C2(C)C. The lowest BCUT2D eigenvalue weighted by atomic mass is 9.66. The minimum Gasteiger partial charge on any atom is -0.186 e. The molecule has 2 nitrogen and oxygen atoms in total. The van der Waals surface area contributed by atoms with E-state index in [0.717, 1.165) is 11.8 Å². The molecule has 0 aromatic rings. The van der Waals surface area contributed by atoms with Gasteiger partial charge in [-0.3, -0.25) is 0 Å². The number of rotatable bonds is 0. The molecule has 0 radical (unpaired) electrons. The summed E-state index contributed by atoms with van der Waals surface area (Å²) in [5, 5.41) is 9.14. The fraction of sp³-hybridized carbons (Fsp3) is 1.00. The van der Waals surface area contributed by atoms with Crippen molar-refractivity contribution in [3.05, 3.63) is 0 Å². The minimum atomic E-state index is 0.144. The highest BCUT2D eigenvalue weighted by atomic mass is 15.3. The fourth-order valence-corrected chi connectivity index (χ4v) is 3.89. The first-order valence-electron chi connectivity index (χ1n) is 5.37. The minimum absolute atomic E-state index is 0.144. The third-order valence-electron chi connectivity index (χ3n) is 5.71. The van der Waals surface area contributed by atoms with Crippen molar-refractivity contribution < 1.29 is 0 Å². The van der Waals surface area contributed by atoms with Crippen LogP contribution in [0.15, 0.2) is 10.2 Å². The van der Waals surface area contributed by atoms with Crippen molar-refractivity contribution in [1.29, 1.82) is 0 Å². The smallest absolute Gasteiger partial charge is 0.0894 e. The second-order valence-corrected chi connectivity index (χ2v) is 5.91. The van der Waals surface area contributed by atoms with Gasteiger partial charge in [0.1, 0.15) is 0 Å². The Hall–Kier alpha value is -0.400. The van der Waals surface area contributed by atoms with Gasteiger partial charge in [0.2, 0.25) is 0 Å². The topological polar surface area (TPSA) is 24.7 Å². The highest BCUT2D eigenvalue weighted by Gasteiger charge is 2.75. The Morgan fingerprint density at radius 1 is 0.846 bits per heavy atom. The van der Waals surface area contributed by atoms with E-state index >= 15 is 0 Å². The Morgan fingerprint density at radius 3 is 1.46 bits per heavy atom. The van der Waals surface area contributed by atoms with Gasteiger partial charge < -0.3 is 0 Å². The summed E-state index contributed by atoms with van der Waals surface area (Å²) in [5.74, 6) is 1.65. The molecule has 3 rings (SSSR count). The van der Waals surface area contributed by atoms with Gasteiger partial charge in [0.05, 0.1) is 11.1 Å². The second-order valence-electron chi connectivity index (χ2n) is 5.91. The van der Waals surface area contributed by atoms with Gasteiger partial charge in [-0.05, 0) is 38.5 Å². The highest BCUT2D eigenvalue weighted by molar-refractivity contribution is 5.29. The Bertz CT molecular complexity index is 279. The zero-order valence-electron chi connectivity index (χ0n) is 8.96. The van der Waals surface area contributed by atoms with Crippen LogP contribution in [0, 0.1) is 17.3 Å². The van der Waals surface area contributed by atoms with Crippen LogP contribution in [0.2, 0.25) is 0 Å². The van der Waals surface area contributed by atoms with Gasteiger partial charge in [-0.2, -0.15) is 10.2 Å². The second kappa shape index (κ2) is 1.71. The monoisotopic (exact) mass is 178 g/mol. The standard InChI is InChI=1S/C11H18N2/c1-9(2)10(3)7-5-6-8(7)11(9,4)13-12-10/h7-8H,5-6H2,1-4H3. The van der Waals surface area contributed by atoms with Gasteiger partial charge >= 0.3 is 0 Å². The summed E-state index contributed by atoms with van der Waals surface area (Å²) >= 11 is 0. The van der Waals surface area contributed by atoms with Crippen molar-refractivity contribution in [2.45, 2.75) is 51.6 Å². The molecule has 2 heteroatoms. The molecule has 0 saturated heterocycles. The van der Waals surface area contributed by atoms with Crippen LogP contribution in [0.4, 0.5) is 0 Å². The lowest BCUT2D eigenvalue weighted by molar-refractivity contribution is 0.0988. The lowest BCUT2D eigenvalue weighted by Crippen LogP contribution is -2.43. The Morgan fingerprint density at radius 2 is 1.23 bits per heavy atom. The summed E-state index contributed by atoms with van der Waals surface area (Å²) in [5.41, 5.74) is 0.557. The number of hydrogen-bond acceptors (Lipinski definition) is 2. The van der Waals surface area contributed by atoms with Crippen LogP contribution in [0.3, 0.4) is 0 Å². The molecule has 2 aliphatic carbocycles. The first-order valence-corrected chi connectivity index (χ1v) is 5.37. The molecular formula is C11H18N2. The molecule has 2 bridgehead atoms. The van der Waals surface area contributed by atoms with Crippen molar-refractivity contribution >= 4 is 0 Å². The zero-order valence-corrected chi connectivity index (χ0v) is 8.96. The van der Waals surface area contributed by atoms with Gasteiger partial charge in [-0.25, -0.2) is 0 Å². The average molecular weight is 178 g/mol. The normalized spacial score (nSPS) is 60.6. The van der Waals surface area contributed by atoms with Crippen molar-refractivity contribution in [1.82, 2.24) is 0 Å². The maximum Gasteiger partial charge on any atom is 0.0894 e. The number of nitrogens with zero attached hydrogens (tertiary/aromatic N) is 2. The van der Waals surface area contributed by atoms with Gasteiger partial charge in [-0.15, -0.1) is 0 Å². The molecule has 3 aliphatic rings. The first kappa shape index (κ1) is 7.95. The van der Waals surface area contributed by atoms with Crippen LogP contribution < -0.4 is 0 Å². The van der Waals surface area contributed by atoms with Crippen LogP contribution in [-0.4, -0.2) is 11.1 Å². The van der Waals surface area contributed by atoms with Crippen LogP contribution >= 0.6 is 0 Å². The molecule has 1 aliphatic heterocycles. The zero-order chi connectivity index (χ0) is 9.48. The van der Waals surface area contributed by atoms with E-state index in [1.165, 1.54) is 12.8 Å². The Balaban J connectivity index is 2.22. The van der Waals surface area contributed by atoms with E-state index in [4.69, 9.17) is 0 Å². The highest BCUT2D eigenvalue weighted by Crippen LogP contribution is 2.72. The van der Waals surface area contributed by atoms with Gasteiger partial charge in [0.25, 0.3) is 0 Å². The van der Waals surface area contributed by atoms with Crippen LogP contribution in [0.5, 0.6) is 0 Å². The van der Waals surface area contributed by atoms with Crippen molar-refractivity contribution in [2.75, 3.05) is 0 Å². The molecular weight excluding hydrogens is 160 g/mol. The van der Waals surface area contributed by atoms with Crippen LogP contribution in [-0.2, 0) is 0 Å². The summed E-state index contributed by atoms with van der Waals surface area (Å²) in [6, 6.07) is 0. The fourth-order valence-electron chi connectivity index (χ4n) is 3.89. The summed E-state index contributed by atoms with van der Waals surface area (Å²) in [6.07, 6.45) is 2.75. The molecule has 0 spiro atoms. The van der Waals surface area contributed by atoms with E-state index in [2.05, 4.69) is 37.9 Å². The molecule has 13 heavy (non-hydrogen) atoms. The van der Waals surface area contributed by atoms with E-state index in [9.17, 15) is 0 Å². The molecule has 0 aromatic heterocycles. The summed E-state index contributed by atoms with van der Waals surface area (Å²) in [7, 11) is 0. The van der Waals surface area contributed by atoms with Crippen molar-refractivity contribution in [3.8, 4) is 0 Å². The summed E-state index contributed by atoms with van der Waals surface area (Å²) in [6.45, 7) is 9.33. The van der Waals surface area contributed by atoms with Crippen molar-refractivity contribution in [2.24, 2.45) is 27.5 Å². The van der Waals surface area contributed by atoms with E-state index < -0.39 is 0 Å². The van der Waals surface area contributed by atoms with Gasteiger partial charge in [0.15, 0.2) is 0 Å². The molecule has 72 valence electrons. The largest absolute Gasteiger partial charge is 0.186 e. The lowest BCUT2D eigenvalue weighted by Gasteiger charge is -2.42. The first-order chi connectivity index (χ1) is 5.93. The third kappa shape index (κ3) is 0.514. The third-order valence-corrected chi connectivity index (χ3v) is 5.71. The van der Waals surface area contributed by atoms with E-state index in [-0.39, 0.29) is 16.5 Å². The molecule has 0 amide bonds. The summed E-state index contributed by atoms with van der Waals surface area (Å²) in [4.78, 5) is 0. The molecule has 2 saturated carbocycles. The molecule has 1 heterocycles. The predicted molar refractivity (Wildman–Crippen MR) is 51.7 cm³/mol. The maximum atomic E-state index is 4.57. The molecule has 4 unspecified atom stereocenters. The van der Waals surface area contributed by atoms with Gasteiger partial charge in [-0.1, -0.05) is 13.8 Å². The predicted octanol–water partition coefficient (Wildman–Crippen LogP) is 3.04. The Kier molecular flexibility index (Phi) is 1.05. The van der Waals surface area contributed by atoms with Crippen molar-refractivity contribution in [3.63, 3.8) is 0 Å². The van der Waals surface area contributed by atoms with Crippen LogP contribution in [0.25, 0.3) is 0 Å². The van der Waals surface area contributed by atoms with E-state index in [1.807, 2.05) is 0 Å². The van der Waals surface area contributed by atoms with Gasteiger partial charge in [0, 0.05) is 5.41 Å². The molecule has 4 atom stereocenters. The van der Waals surface area contributed by atoms with E-state index in [1.54, 1.807) is 0 Å². The van der Waals surface area contributed by atoms with Crippen LogP contribution in [0.1, 0.15) is 40.5 Å². The van der Waals surface area contributed by atoms with E-state index in [0.29, 0.717) is 0 Å². The average Bonchev–Trinajstić information content (AvgIpc) is 2.13. The molecule has 0 aromatic carbocycles. The number of fused-ring (bicyclic) bond motifs is 5. The quantitative estimate of drug-likeness (QED) is 0.544. The maximum absolute atomic E-state index is 4.57. The summed E-state index contributed by atoms with van der Waals surface area (Å²) < 4.78 is 0.